The van der Waals surface area contributed by atoms with Crippen molar-refractivity contribution in [1.29, 1.82) is 5.26 Å². The van der Waals surface area contributed by atoms with Gasteiger partial charge in [0.05, 0.1) is 18.7 Å². The number of hydrogen-bond acceptors (Lipinski definition) is 6. The molecule has 0 saturated heterocycles. The van der Waals surface area contributed by atoms with Gasteiger partial charge in [-0.25, -0.2) is 0 Å². The van der Waals surface area contributed by atoms with Crippen molar-refractivity contribution in [3.8, 4) is 29.1 Å². The average molecular weight is 597 g/mol. The lowest BCUT2D eigenvalue weighted by atomic mass is 10.1. The minimum Gasteiger partial charge on any atom is -0.493 e. The Kier molecular flexibility index (Phi) is 10.7. The number of carbonyl (C=O) groups is 1. The van der Waals surface area contributed by atoms with E-state index in [0.29, 0.717) is 47.5 Å². The van der Waals surface area contributed by atoms with Gasteiger partial charge >= 0.3 is 0 Å². The largest absolute Gasteiger partial charge is 0.493 e. The van der Waals surface area contributed by atoms with E-state index in [1.807, 2.05) is 87.5 Å². The van der Waals surface area contributed by atoms with Crippen molar-refractivity contribution in [3.63, 3.8) is 0 Å². The fourth-order valence-corrected chi connectivity index (χ4v) is 4.55. The number of aryl methyl sites for hydroxylation is 1. The Morgan fingerprint density at radius 1 is 0.884 bits per heavy atom. The third kappa shape index (κ3) is 8.09. The van der Waals surface area contributed by atoms with Crippen LogP contribution in [0.2, 0.25) is 5.02 Å². The van der Waals surface area contributed by atoms with Crippen LogP contribution >= 0.6 is 11.6 Å². The molecule has 0 spiro atoms. The van der Waals surface area contributed by atoms with Gasteiger partial charge < -0.3 is 24.3 Å². The van der Waals surface area contributed by atoms with Gasteiger partial charge in [0.1, 0.15) is 24.9 Å². The highest BCUT2D eigenvalue weighted by Crippen LogP contribution is 2.38. The van der Waals surface area contributed by atoms with Gasteiger partial charge in [-0.2, -0.15) is 5.26 Å². The van der Waals surface area contributed by atoms with E-state index < -0.39 is 5.91 Å². The number of nitrogens with one attached hydrogen (secondary N) is 1. The first-order chi connectivity index (χ1) is 20.8. The van der Waals surface area contributed by atoms with Crippen LogP contribution in [-0.4, -0.2) is 19.6 Å². The number of anilines is 1. The van der Waals surface area contributed by atoms with Crippen LogP contribution in [0.3, 0.4) is 0 Å². The normalized spacial score (nSPS) is 10.9. The number of ether oxygens (including phenoxy) is 4. The first kappa shape index (κ1) is 31.0. The van der Waals surface area contributed by atoms with Crippen LogP contribution in [0.5, 0.6) is 23.0 Å². The Morgan fingerprint density at radius 2 is 1.65 bits per heavy atom. The highest BCUT2D eigenvalue weighted by molar-refractivity contribution is 6.32. The topological polar surface area (TPSA) is 89.8 Å². The number of carbonyl (C=O) groups excluding carboxylic acids is 1. The second-order valence-electron chi connectivity index (χ2n) is 9.68. The van der Waals surface area contributed by atoms with Crippen molar-refractivity contribution < 1.29 is 23.7 Å². The zero-order valence-electron chi connectivity index (χ0n) is 24.6. The average Bonchev–Trinajstić information content (AvgIpc) is 3.01. The number of amides is 1. The SMILES string of the molecule is CCOc1cc(/C=C(/C#N)C(=O)Nc2cccc(C)c2C)cc(Cl)c1OCc1ccc(OCc2ccccc2)c(OC)c1. The molecule has 0 atom stereocenters. The molecule has 0 aromatic heterocycles. The summed E-state index contributed by atoms with van der Waals surface area (Å²) < 4.78 is 23.4. The van der Waals surface area contributed by atoms with E-state index in [1.165, 1.54) is 6.08 Å². The Balaban J connectivity index is 1.50. The van der Waals surface area contributed by atoms with Gasteiger partial charge in [0, 0.05) is 5.69 Å². The van der Waals surface area contributed by atoms with Crippen LogP contribution in [0, 0.1) is 25.2 Å². The van der Waals surface area contributed by atoms with Crippen molar-refractivity contribution in [2.75, 3.05) is 19.0 Å². The summed E-state index contributed by atoms with van der Waals surface area (Å²) in [4.78, 5) is 12.9. The van der Waals surface area contributed by atoms with Crippen LogP contribution in [-0.2, 0) is 18.0 Å². The van der Waals surface area contributed by atoms with Gasteiger partial charge in [-0.05, 0) is 85.0 Å². The summed E-state index contributed by atoms with van der Waals surface area (Å²) in [7, 11) is 1.59. The highest BCUT2D eigenvalue weighted by atomic mass is 35.5. The van der Waals surface area contributed by atoms with E-state index in [2.05, 4.69) is 5.32 Å². The molecule has 0 bridgehead atoms. The lowest BCUT2D eigenvalue weighted by Gasteiger charge is -2.16. The smallest absolute Gasteiger partial charge is 0.266 e. The zero-order valence-corrected chi connectivity index (χ0v) is 25.3. The molecule has 0 saturated carbocycles. The maximum Gasteiger partial charge on any atom is 0.266 e. The van der Waals surface area contributed by atoms with Crippen molar-refractivity contribution in [3.05, 3.63) is 117 Å². The fourth-order valence-electron chi connectivity index (χ4n) is 4.28. The number of rotatable bonds is 12. The summed E-state index contributed by atoms with van der Waals surface area (Å²) in [6, 6.07) is 26.4. The van der Waals surface area contributed by atoms with Gasteiger partial charge in [-0.1, -0.05) is 60.1 Å². The second-order valence-corrected chi connectivity index (χ2v) is 10.1. The molecule has 1 amide bonds. The van der Waals surface area contributed by atoms with E-state index in [-0.39, 0.29) is 17.2 Å². The van der Waals surface area contributed by atoms with Crippen LogP contribution in [0.1, 0.15) is 34.7 Å². The molecule has 0 aliphatic carbocycles. The standard InChI is InChI=1S/C35H33ClN2O5/c1-5-41-33-19-27(16-28(20-37)35(39)38-30-13-9-10-23(2)24(30)3)17-29(36)34(33)43-22-26-14-15-31(32(18-26)40-4)42-21-25-11-7-6-8-12-25/h6-19H,5,21-22H2,1-4H3,(H,38,39)/b28-16-. The number of nitriles is 1. The minimum absolute atomic E-state index is 0.0743. The molecule has 43 heavy (non-hydrogen) atoms. The Morgan fingerprint density at radius 3 is 2.37 bits per heavy atom. The molecular weight excluding hydrogens is 564 g/mol. The minimum atomic E-state index is -0.518. The predicted molar refractivity (Wildman–Crippen MR) is 169 cm³/mol. The molecule has 0 aliphatic heterocycles. The van der Waals surface area contributed by atoms with Crippen LogP contribution in [0.15, 0.2) is 84.4 Å². The lowest BCUT2D eigenvalue weighted by Crippen LogP contribution is -2.14. The van der Waals surface area contributed by atoms with Crippen LogP contribution < -0.4 is 24.3 Å². The number of benzene rings is 4. The highest BCUT2D eigenvalue weighted by Gasteiger charge is 2.16. The fraction of sp³-hybridized carbons (Fsp3) is 0.200. The molecule has 0 aliphatic rings. The van der Waals surface area contributed by atoms with Gasteiger partial charge in [0.2, 0.25) is 0 Å². The van der Waals surface area contributed by atoms with Gasteiger partial charge in [0.25, 0.3) is 5.91 Å². The van der Waals surface area contributed by atoms with Crippen LogP contribution in [0.25, 0.3) is 6.08 Å². The van der Waals surface area contributed by atoms with E-state index in [4.69, 9.17) is 30.5 Å². The summed E-state index contributed by atoms with van der Waals surface area (Å²) in [5.74, 6) is 1.42. The first-order valence-corrected chi connectivity index (χ1v) is 14.1. The molecule has 0 radical (unpaired) electrons. The van der Waals surface area contributed by atoms with Crippen LogP contribution in [0.4, 0.5) is 5.69 Å². The number of hydrogen-bond donors (Lipinski definition) is 1. The molecule has 1 N–H and O–H groups in total. The van der Waals surface area contributed by atoms with Gasteiger partial charge in [-0.15, -0.1) is 0 Å². The zero-order chi connectivity index (χ0) is 30.8. The first-order valence-electron chi connectivity index (χ1n) is 13.7. The van der Waals surface area contributed by atoms with E-state index in [1.54, 1.807) is 25.3 Å². The second kappa shape index (κ2) is 14.8. The molecule has 0 unspecified atom stereocenters. The Labute approximate surface area is 257 Å². The summed E-state index contributed by atoms with van der Waals surface area (Å²) in [6.07, 6.45) is 1.47. The number of halogens is 1. The van der Waals surface area contributed by atoms with E-state index in [0.717, 1.165) is 22.3 Å². The summed E-state index contributed by atoms with van der Waals surface area (Å²) in [5, 5.41) is 12.8. The number of nitrogens with zero attached hydrogens (tertiary/aromatic N) is 1. The lowest BCUT2D eigenvalue weighted by molar-refractivity contribution is -0.112. The van der Waals surface area contributed by atoms with Gasteiger partial charge in [0.15, 0.2) is 23.0 Å². The van der Waals surface area contributed by atoms with E-state index in [9.17, 15) is 10.1 Å². The molecule has 4 rings (SSSR count). The molecule has 220 valence electrons. The third-order valence-corrected chi connectivity index (χ3v) is 6.99. The van der Waals surface area contributed by atoms with Crippen molar-refractivity contribution in [2.45, 2.75) is 34.0 Å². The molecule has 7 nitrogen and oxygen atoms in total. The maximum absolute atomic E-state index is 12.9. The molecule has 0 fully saturated rings. The molecule has 8 heteroatoms. The van der Waals surface area contributed by atoms with Crippen molar-refractivity contribution in [1.82, 2.24) is 0 Å². The number of methoxy groups -OCH3 is 1. The van der Waals surface area contributed by atoms with E-state index >= 15 is 0 Å². The van der Waals surface area contributed by atoms with Crippen molar-refractivity contribution >= 4 is 29.3 Å². The summed E-state index contributed by atoms with van der Waals surface area (Å²) in [6.45, 7) is 6.68. The quantitative estimate of drug-likeness (QED) is 0.131. The van der Waals surface area contributed by atoms with Gasteiger partial charge in [-0.3, -0.25) is 4.79 Å². The van der Waals surface area contributed by atoms with Crippen molar-refractivity contribution in [2.24, 2.45) is 0 Å². The predicted octanol–water partition coefficient (Wildman–Crippen LogP) is 8.07. The monoisotopic (exact) mass is 596 g/mol. The maximum atomic E-state index is 12.9. The Hall–Kier alpha value is -4.93. The molecule has 4 aromatic carbocycles. The molecule has 4 aromatic rings. The summed E-state index contributed by atoms with van der Waals surface area (Å²) >= 11 is 6.63. The third-order valence-electron chi connectivity index (χ3n) is 6.71. The molecule has 0 heterocycles. The summed E-state index contributed by atoms with van der Waals surface area (Å²) in [5.41, 5.74) is 4.96. The Bertz CT molecular complexity index is 1660. The molecular formula is C35H33ClN2O5.